The lowest BCUT2D eigenvalue weighted by molar-refractivity contribution is 0.416. The second kappa shape index (κ2) is 10.6. The molecule has 9 aromatic rings. The van der Waals surface area contributed by atoms with Gasteiger partial charge in [-0.25, -0.2) is 9.97 Å². The van der Waals surface area contributed by atoms with Crippen molar-refractivity contribution >= 4 is 43.6 Å². The summed E-state index contributed by atoms with van der Waals surface area (Å²) < 4.78 is 8.08. The van der Waals surface area contributed by atoms with Gasteiger partial charge in [0.05, 0.1) is 40.6 Å². The zero-order valence-electron chi connectivity index (χ0n) is 28.1. The Morgan fingerprint density at radius 1 is 0.520 bits per heavy atom. The van der Waals surface area contributed by atoms with Gasteiger partial charge in [0.25, 0.3) is 0 Å². The van der Waals surface area contributed by atoms with E-state index in [1.165, 1.54) is 44.1 Å². The molecule has 1 aliphatic rings. The smallest absolute Gasteiger partial charge is 0.128 e. The number of hydrogen-bond acceptors (Lipinski definition) is 3. The van der Waals surface area contributed by atoms with E-state index in [-0.39, 0.29) is 5.41 Å². The molecule has 0 fully saturated rings. The predicted molar refractivity (Wildman–Crippen MR) is 206 cm³/mol. The Hall–Kier alpha value is -6.26. The molecule has 0 bridgehead atoms. The van der Waals surface area contributed by atoms with Crippen LogP contribution in [-0.4, -0.2) is 21.6 Å². The number of methoxy groups -OCH3 is 1. The maximum atomic E-state index is 5.66. The first-order chi connectivity index (χ1) is 24.5. The Kier molecular flexibility index (Phi) is 6.10. The Bertz CT molecular complexity index is 2840. The average Bonchev–Trinajstić information content (AvgIpc) is 3.61. The third-order valence-electron chi connectivity index (χ3n) is 10.7. The third-order valence-corrected chi connectivity index (χ3v) is 10.7. The molecule has 3 aromatic heterocycles. The maximum Gasteiger partial charge on any atom is 0.128 e. The van der Waals surface area contributed by atoms with Gasteiger partial charge in [0.2, 0.25) is 0 Å². The number of ether oxygens (including phenoxy) is 1. The second-order valence-electron chi connectivity index (χ2n) is 13.8. The molecule has 10 rings (SSSR count). The van der Waals surface area contributed by atoms with Crippen molar-refractivity contribution in [3.05, 3.63) is 157 Å². The molecule has 0 saturated carbocycles. The van der Waals surface area contributed by atoms with Crippen molar-refractivity contribution in [3.63, 3.8) is 0 Å². The summed E-state index contributed by atoms with van der Waals surface area (Å²) in [5, 5.41) is 4.63. The molecule has 0 amide bonds. The number of benzene rings is 6. The van der Waals surface area contributed by atoms with Crippen LogP contribution in [0.15, 0.2) is 146 Å². The van der Waals surface area contributed by atoms with E-state index in [0.29, 0.717) is 0 Å². The molecule has 4 nitrogen and oxygen atoms in total. The van der Waals surface area contributed by atoms with Crippen LogP contribution in [0.2, 0.25) is 0 Å². The number of nitrogens with zero attached hydrogens (tertiary/aromatic N) is 3. The normalized spacial score (nSPS) is 13.3. The molecule has 4 heteroatoms. The van der Waals surface area contributed by atoms with Crippen LogP contribution >= 0.6 is 0 Å². The fourth-order valence-electron chi connectivity index (χ4n) is 8.18. The van der Waals surface area contributed by atoms with Crippen LogP contribution in [0.25, 0.3) is 82.9 Å². The quantitative estimate of drug-likeness (QED) is 0.179. The first-order valence-corrected chi connectivity index (χ1v) is 17.1. The number of pyridine rings is 2. The highest BCUT2D eigenvalue weighted by atomic mass is 16.5. The van der Waals surface area contributed by atoms with Gasteiger partial charge < -0.3 is 9.30 Å². The molecule has 0 atom stereocenters. The highest BCUT2D eigenvalue weighted by molar-refractivity contribution is 6.12. The molecule has 0 radical (unpaired) electrons. The molecule has 0 unspecified atom stereocenters. The molecular formula is C46H33N3O. The number of rotatable bonds is 4. The van der Waals surface area contributed by atoms with E-state index in [2.05, 4.69) is 140 Å². The summed E-state index contributed by atoms with van der Waals surface area (Å²) in [4.78, 5) is 10.4. The summed E-state index contributed by atoms with van der Waals surface area (Å²) in [6, 6.07) is 52.0. The second-order valence-corrected chi connectivity index (χ2v) is 13.8. The van der Waals surface area contributed by atoms with Crippen LogP contribution < -0.4 is 4.74 Å². The monoisotopic (exact) mass is 643 g/mol. The lowest BCUT2D eigenvalue weighted by atomic mass is 9.82. The molecule has 0 aliphatic heterocycles. The first-order valence-electron chi connectivity index (χ1n) is 17.1. The van der Waals surface area contributed by atoms with Crippen molar-refractivity contribution in [2.75, 3.05) is 7.11 Å². The predicted octanol–water partition coefficient (Wildman–Crippen LogP) is 11.5. The maximum absolute atomic E-state index is 5.66. The molecular weight excluding hydrogens is 611 g/mol. The molecule has 0 N–H and O–H groups in total. The lowest BCUT2D eigenvalue weighted by Gasteiger charge is -2.21. The summed E-state index contributed by atoms with van der Waals surface area (Å²) in [5.41, 5.74) is 14.4. The van der Waals surface area contributed by atoms with E-state index in [4.69, 9.17) is 14.7 Å². The SMILES string of the molecule is COc1ccccc1-c1ccc2ccc3ccc(-c4cccc(-n5c6ccccc6c6cc7c(cc65)C(C)(C)c5ccccc5-7)c4)nc3c2n1. The Balaban J connectivity index is 1.15. The van der Waals surface area contributed by atoms with Gasteiger partial charge in [-0.1, -0.05) is 105 Å². The van der Waals surface area contributed by atoms with Crippen molar-refractivity contribution in [2.45, 2.75) is 19.3 Å². The standard InChI is InChI=1S/C46H33N3O/c1-46(2)37-16-7-4-13-32(37)35-26-36-33-14-5-8-17-41(33)49(42(36)27-38(35)46)31-12-10-11-30(25-31)39-23-21-28-19-20-29-22-24-40(48-45(29)44(28)47-39)34-15-6-9-18-43(34)50-3/h4-27H,1-3H3. The summed E-state index contributed by atoms with van der Waals surface area (Å²) in [5.74, 6) is 0.799. The van der Waals surface area contributed by atoms with E-state index in [0.717, 1.165) is 55.8 Å². The number of hydrogen-bond donors (Lipinski definition) is 0. The fourth-order valence-corrected chi connectivity index (χ4v) is 8.18. The van der Waals surface area contributed by atoms with Crippen molar-refractivity contribution in [2.24, 2.45) is 0 Å². The molecule has 0 saturated heterocycles. The van der Waals surface area contributed by atoms with Crippen molar-refractivity contribution in [1.29, 1.82) is 0 Å². The lowest BCUT2D eigenvalue weighted by Crippen LogP contribution is -2.14. The number of para-hydroxylation sites is 2. The van der Waals surface area contributed by atoms with E-state index >= 15 is 0 Å². The highest BCUT2D eigenvalue weighted by Gasteiger charge is 2.36. The number of aromatic nitrogens is 3. The van der Waals surface area contributed by atoms with Crippen LogP contribution in [0.4, 0.5) is 0 Å². The highest BCUT2D eigenvalue weighted by Crippen LogP contribution is 2.51. The molecule has 50 heavy (non-hydrogen) atoms. The third kappa shape index (κ3) is 4.12. The summed E-state index contributed by atoms with van der Waals surface area (Å²) >= 11 is 0. The molecule has 6 aromatic carbocycles. The van der Waals surface area contributed by atoms with Gasteiger partial charge in [0.15, 0.2) is 0 Å². The summed E-state index contributed by atoms with van der Waals surface area (Å²) in [6.07, 6.45) is 0. The van der Waals surface area contributed by atoms with Gasteiger partial charge >= 0.3 is 0 Å². The van der Waals surface area contributed by atoms with Crippen LogP contribution in [0.3, 0.4) is 0 Å². The van der Waals surface area contributed by atoms with Crippen LogP contribution in [0, 0.1) is 0 Å². The zero-order valence-corrected chi connectivity index (χ0v) is 28.1. The molecule has 1 aliphatic carbocycles. The minimum absolute atomic E-state index is 0.0828. The van der Waals surface area contributed by atoms with Crippen LogP contribution in [-0.2, 0) is 5.41 Å². The van der Waals surface area contributed by atoms with Gasteiger partial charge in [-0.05, 0) is 76.9 Å². The van der Waals surface area contributed by atoms with E-state index in [9.17, 15) is 0 Å². The van der Waals surface area contributed by atoms with E-state index in [1.54, 1.807) is 7.11 Å². The van der Waals surface area contributed by atoms with E-state index in [1.807, 2.05) is 24.3 Å². The van der Waals surface area contributed by atoms with Gasteiger partial charge in [-0.2, -0.15) is 0 Å². The first kappa shape index (κ1) is 28.7. The summed E-state index contributed by atoms with van der Waals surface area (Å²) in [6.45, 7) is 4.70. The largest absolute Gasteiger partial charge is 0.496 e. The van der Waals surface area contributed by atoms with Crippen molar-refractivity contribution in [1.82, 2.24) is 14.5 Å². The molecule has 0 spiro atoms. The Morgan fingerprint density at radius 3 is 2.02 bits per heavy atom. The zero-order chi connectivity index (χ0) is 33.6. The van der Waals surface area contributed by atoms with Gasteiger partial charge in [-0.15, -0.1) is 0 Å². The van der Waals surface area contributed by atoms with Crippen molar-refractivity contribution < 1.29 is 4.74 Å². The minimum atomic E-state index is -0.0828. The molecule has 3 heterocycles. The molecule has 238 valence electrons. The van der Waals surface area contributed by atoms with Crippen molar-refractivity contribution in [3.8, 4) is 45.1 Å². The van der Waals surface area contributed by atoms with Gasteiger partial charge in [0.1, 0.15) is 5.75 Å². The fraction of sp³-hybridized carbons (Fsp3) is 0.0870. The minimum Gasteiger partial charge on any atom is -0.496 e. The topological polar surface area (TPSA) is 39.9 Å². The average molecular weight is 644 g/mol. The Morgan fingerprint density at radius 2 is 1.20 bits per heavy atom. The Labute approximate surface area is 290 Å². The number of fused-ring (bicyclic) bond motifs is 9. The van der Waals surface area contributed by atoms with Gasteiger partial charge in [-0.3, -0.25) is 0 Å². The summed E-state index contributed by atoms with van der Waals surface area (Å²) in [7, 11) is 1.70. The van der Waals surface area contributed by atoms with Crippen LogP contribution in [0.1, 0.15) is 25.0 Å². The van der Waals surface area contributed by atoms with Gasteiger partial charge in [0, 0.05) is 43.8 Å². The van der Waals surface area contributed by atoms with E-state index < -0.39 is 0 Å². The van der Waals surface area contributed by atoms with Crippen LogP contribution in [0.5, 0.6) is 5.75 Å².